The minimum absolute atomic E-state index is 0.112. The fraction of sp³-hybridized carbons (Fsp3) is 0.364. The average Bonchev–Trinajstić information content (AvgIpc) is 2.28. The Bertz CT molecular complexity index is 447. The van der Waals surface area contributed by atoms with E-state index in [-0.39, 0.29) is 10.8 Å². The molecule has 1 rings (SSSR count). The van der Waals surface area contributed by atoms with Crippen LogP contribution in [0.5, 0.6) is 0 Å². The number of ether oxygens (including phenoxy) is 1. The molecule has 2 atom stereocenters. The zero-order valence-corrected chi connectivity index (χ0v) is 11.9. The minimum atomic E-state index is -1.27. The first-order valence-electron chi connectivity index (χ1n) is 4.89. The third-order valence-corrected chi connectivity index (χ3v) is 4.44. The van der Waals surface area contributed by atoms with Gasteiger partial charge in [-0.1, -0.05) is 0 Å². The van der Waals surface area contributed by atoms with Crippen LogP contribution in [0.25, 0.3) is 0 Å². The molecule has 2 unspecified atom stereocenters. The zero-order chi connectivity index (χ0) is 13.0. The third-order valence-electron chi connectivity index (χ3n) is 2.17. The fourth-order valence-corrected chi connectivity index (χ4v) is 2.90. The second-order valence-electron chi connectivity index (χ2n) is 3.51. The first-order valence-corrected chi connectivity index (χ1v) is 6.90. The molecule has 1 aromatic rings. The number of benzene rings is 1. The molecule has 0 aliphatic rings. The van der Waals surface area contributed by atoms with E-state index in [0.29, 0.717) is 16.0 Å². The van der Waals surface area contributed by atoms with Crippen LogP contribution in [0.3, 0.4) is 0 Å². The summed E-state index contributed by atoms with van der Waals surface area (Å²) >= 11 is 3.14. The van der Waals surface area contributed by atoms with Gasteiger partial charge in [-0.15, -0.1) is 0 Å². The predicted molar refractivity (Wildman–Crippen MR) is 68.8 cm³/mol. The fourth-order valence-electron chi connectivity index (χ4n) is 1.32. The molecule has 0 fully saturated rings. The molecule has 4 nitrogen and oxygen atoms in total. The van der Waals surface area contributed by atoms with Crippen LogP contribution in [0.1, 0.15) is 17.3 Å². The van der Waals surface area contributed by atoms with Crippen molar-refractivity contribution in [2.24, 2.45) is 0 Å². The average molecular weight is 321 g/mol. The van der Waals surface area contributed by atoms with Crippen molar-refractivity contribution in [1.82, 2.24) is 0 Å². The quantitative estimate of drug-likeness (QED) is 0.904. The van der Waals surface area contributed by atoms with E-state index in [9.17, 15) is 9.00 Å². The van der Waals surface area contributed by atoms with E-state index in [0.717, 1.165) is 0 Å². The van der Waals surface area contributed by atoms with Crippen molar-refractivity contribution in [2.45, 2.75) is 17.1 Å². The zero-order valence-electron chi connectivity index (χ0n) is 9.47. The molecule has 0 aliphatic heterocycles. The summed E-state index contributed by atoms with van der Waals surface area (Å²) in [5.41, 5.74) is 0.112. The topological polar surface area (TPSA) is 63.6 Å². The highest BCUT2D eigenvalue weighted by atomic mass is 79.9. The lowest BCUT2D eigenvalue weighted by atomic mass is 10.2. The van der Waals surface area contributed by atoms with Crippen molar-refractivity contribution in [1.29, 1.82) is 0 Å². The number of halogens is 1. The minimum Gasteiger partial charge on any atom is -0.478 e. The van der Waals surface area contributed by atoms with Crippen LogP contribution in [0.15, 0.2) is 27.6 Å². The second-order valence-corrected chi connectivity index (χ2v) is 6.24. The van der Waals surface area contributed by atoms with E-state index in [1.165, 1.54) is 13.2 Å². The Balaban J connectivity index is 3.03. The lowest BCUT2D eigenvalue weighted by molar-refractivity contribution is 0.0695. The first-order chi connectivity index (χ1) is 7.97. The molecule has 0 amide bonds. The van der Waals surface area contributed by atoms with Crippen molar-refractivity contribution in [3.05, 3.63) is 28.2 Å². The number of carboxylic acid groups (broad SMARTS) is 1. The second kappa shape index (κ2) is 6.28. The molecule has 0 spiro atoms. The van der Waals surface area contributed by atoms with Crippen LogP contribution in [0.4, 0.5) is 0 Å². The third kappa shape index (κ3) is 3.62. The lowest BCUT2D eigenvalue weighted by Crippen LogP contribution is -2.17. The molecule has 94 valence electrons. The van der Waals surface area contributed by atoms with E-state index in [1.54, 1.807) is 19.1 Å². The molecule has 0 saturated heterocycles. The molecule has 17 heavy (non-hydrogen) atoms. The maximum absolute atomic E-state index is 12.0. The summed E-state index contributed by atoms with van der Waals surface area (Å²) < 4.78 is 17.4. The normalized spacial score (nSPS) is 14.3. The molecule has 1 aromatic carbocycles. The molecule has 0 saturated carbocycles. The van der Waals surface area contributed by atoms with Gasteiger partial charge in [0.15, 0.2) is 0 Å². The van der Waals surface area contributed by atoms with Crippen molar-refractivity contribution in [3.8, 4) is 0 Å². The van der Waals surface area contributed by atoms with Gasteiger partial charge in [-0.3, -0.25) is 4.21 Å². The van der Waals surface area contributed by atoms with Gasteiger partial charge in [-0.05, 0) is 41.1 Å². The van der Waals surface area contributed by atoms with Gasteiger partial charge in [-0.25, -0.2) is 4.79 Å². The van der Waals surface area contributed by atoms with Gasteiger partial charge in [0.2, 0.25) is 0 Å². The van der Waals surface area contributed by atoms with Gasteiger partial charge in [0.25, 0.3) is 0 Å². The highest BCUT2D eigenvalue weighted by Crippen LogP contribution is 2.21. The molecule has 0 bridgehead atoms. The SMILES string of the molecule is COCC(C)S(=O)c1ccc(Br)c(C(=O)O)c1. The summed E-state index contributed by atoms with van der Waals surface area (Å²) in [7, 11) is 0.267. The smallest absolute Gasteiger partial charge is 0.336 e. The molecular formula is C11H13BrO4S. The largest absolute Gasteiger partial charge is 0.478 e. The van der Waals surface area contributed by atoms with Gasteiger partial charge >= 0.3 is 5.97 Å². The Morgan fingerprint density at radius 1 is 1.59 bits per heavy atom. The molecule has 0 aromatic heterocycles. The molecule has 1 N–H and O–H groups in total. The molecular weight excluding hydrogens is 308 g/mol. The molecule has 0 radical (unpaired) electrons. The van der Waals surface area contributed by atoms with Gasteiger partial charge in [0.1, 0.15) is 0 Å². The maximum atomic E-state index is 12.0. The Morgan fingerprint density at radius 3 is 2.76 bits per heavy atom. The number of methoxy groups -OCH3 is 1. The predicted octanol–water partition coefficient (Wildman–Crippen LogP) is 2.29. The van der Waals surface area contributed by atoms with Crippen molar-refractivity contribution in [3.63, 3.8) is 0 Å². The lowest BCUT2D eigenvalue weighted by Gasteiger charge is -2.11. The van der Waals surface area contributed by atoms with Crippen LogP contribution < -0.4 is 0 Å². The van der Waals surface area contributed by atoms with Crippen LogP contribution in [-0.4, -0.2) is 34.3 Å². The number of aromatic carboxylic acids is 1. The number of carboxylic acids is 1. The highest BCUT2D eigenvalue weighted by Gasteiger charge is 2.16. The summed E-state index contributed by atoms with van der Waals surface area (Å²) in [6.45, 7) is 2.16. The van der Waals surface area contributed by atoms with Crippen LogP contribution in [0.2, 0.25) is 0 Å². The summed E-state index contributed by atoms with van der Waals surface area (Å²) in [5, 5.41) is 8.78. The Labute approximate surface area is 111 Å². The van der Waals surface area contributed by atoms with Gasteiger partial charge in [0.05, 0.1) is 28.2 Å². The first kappa shape index (κ1) is 14.3. The van der Waals surface area contributed by atoms with E-state index in [4.69, 9.17) is 9.84 Å². The number of rotatable bonds is 5. The Kier molecular flexibility index (Phi) is 5.30. The van der Waals surface area contributed by atoms with Gasteiger partial charge < -0.3 is 9.84 Å². The standard InChI is InChI=1S/C11H13BrO4S/c1-7(6-16-2)17(15)8-3-4-10(12)9(5-8)11(13)14/h3-5,7H,6H2,1-2H3,(H,13,14). The summed E-state index contributed by atoms with van der Waals surface area (Å²) in [5.74, 6) is -1.05. The van der Waals surface area contributed by atoms with Crippen LogP contribution in [-0.2, 0) is 15.5 Å². The molecule has 0 heterocycles. The van der Waals surface area contributed by atoms with Crippen molar-refractivity contribution < 1.29 is 18.8 Å². The summed E-state index contributed by atoms with van der Waals surface area (Å²) in [6, 6.07) is 4.67. The van der Waals surface area contributed by atoms with E-state index in [2.05, 4.69) is 15.9 Å². The highest BCUT2D eigenvalue weighted by molar-refractivity contribution is 9.10. The van der Waals surface area contributed by atoms with Crippen LogP contribution in [0, 0.1) is 0 Å². The number of hydrogen-bond acceptors (Lipinski definition) is 3. The molecule has 6 heteroatoms. The van der Waals surface area contributed by atoms with Crippen LogP contribution >= 0.6 is 15.9 Å². The van der Waals surface area contributed by atoms with Crippen molar-refractivity contribution in [2.75, 3.05) is 13.7 Å². The number of hydrogen-bond donors (Lipinski definition) is 1. The summed E-state index contributed by atoms with van der Waals surface area (Å²) in [4.78, 5) is 11.4. The van der Waals surface area contributed by atoms with Crippen molar-refractivity contribution >= 4 is 32.7 Å². The maximum Gasteiger partial charge on any atom is 0.336 e. The van der Waals surface area contributed by atoms with Gasteiger partial charge in [-0.2, -0.15) is 0 Å². The van der Waals surface area contributed by atoms with E-state index in [1.807, 2.05) is 0 Å². The number of carbonyl (C=O) groups is 1. The summed E-state index contributed by atoms with van der Waals surface area (Å²) in [6.07, 6.45) is 0. The van der Waals surface area contributed by atoms with E-state index < -0.39 is 16.8 Å². The van der Waals surface area contributed by atoms with E-state index >= 15 is 0 Å². The monoisotopic (exact) mass is 320 g/mol. The Morgan fingerprint density at radius 2 is 2.24 bits per heavy atom. The molecule has 0 aliphatic carbocycles. The Hall–Kier alpha value is -0.720. The van der Waals surface area contributed by atoms with Gasteiger partial charge in [0, 0.05) is 16.5 Å².